The molecule has 0 aromatic heterocycles. The number of benzene rings is 1. The van der Waals surface area contributed by atoms with Crippen molar-refractivity contribution in [3.8, 4) is 0 Å². The van der Waals surface area contributed by atoms with Gasteiger partial charge in [-0.3, -0.25) is 0 Å². The molecule has 1 rings (SSSR count). The summed E-state index contributed by atoms with van der Waals surface area (Å²) >= 11 is 0. The van der Waals surface area contributed by atoms with E-state index in [0.29, 0.717) is 0 Å². The van der Waals surface area contributed by atoms with E-state index in [1.54, 1.807) is 0 Å². The van der Waals surface area contributed by atoms with Crippen molar-refractivity contribution in [2.75, 3.05) is 0 Å². The van der Waals surface area contributed by atoms with Gasteiger partial charge in [-0.2, -0.15) is 0 Å². The lowest BCUT2D eigenvalue weighted by atomic mass is 10.0. The molecule has 0 spiro atoms. The normalized spacial score (nSPS) is 10.1. The van der Waals surface area contributed by atoms with E-state index in [4.69, 9.17) is 0 Å². The van der Waals surface area contributed by atoms with Crippen LogP contribution >= 0.6 is 0 Å². The highest BCUT2D eigenvalue weighted by Gasteiger charge is 1.93. The first-order valence-electron chi connectivity index (χ1n) is 5.58. The maximum absolute atomic E-state index is 3.75. The van der Waals surface area contributed by atoms with Crippen LogP contribution in [0.2, 0.25) is 0 Å². The van der Waals surface area contributed by atoms with Gasteiger partial charge in [0.15, 0.2) is 0 Å². The van der Waals surface area contributed by atoms with Crippen LogP contribution in [0.4, 0.5) is 0 Å². The van der Waals surface area contributed by atoms with Crippen LogP contribution in [-0.4, -0.2) is 0 Å². The molecule has 0 saturated carbocycles. The number of unbranched alkanes of at least 4 members (excludes halogenated alkanes) is 3. The third-order valence-corrected chi connectivity index (χ3v) is 2.53. The molecule has 14 heavy (non-hydrogen) atoms. The molecule has 0 nitrogen and oxygen atoms in total. The zero-order valence-corrected chi connectivity index (χ0v) is 9.13. The Balaban J connectivity index is 2.32. The van der Waals surface area contributed by atoms with E-state index in [1.807, 2.05) is 6.08 Å². The van der Waals surface area contributed by atoms with Gasteiger partial charge in [0.05, 0.1) is 0 Å². The van der Waals surface area contributed by atoms with Crippen molar-refractivity contribution in [3.05, 3.63) is 42.0 Å². The standard InChI is InChI=1S/C14H20/c1-3-5-6-7-8-14-11-9-13(4-2)10-12-14/h4,9-12H,2-3,5-8H2,1H3. The Bertz CT molecular complexity index is 256. The lowest BCUT2D eigenvalue weighted by Gasteiger charge is -2.01. The summed E-state index contributed by atoms with van der Waals surface area (Å²) in [6.07, 6.45) is 8.47. The van der Waals surface area contributed by atoms with E-state index in [2.05, 4.69) is 37.8 Å². The van der Waals surface area contributed by atoms with Gasteiger partial charge in [-0.25, -0.2) is 0 Å². The van der Waals surface area contributed by atoms with Gasteiger partial charge in [0.2, 0.25) is 0 Å². The minimum Gasteiger partial charge on any atom is -0.0985 e. The molecule has 0 saturated heterocycles. The summed E-state index contributed by atoms with van der Waals surface area (Å²) in [5, 5.41) is 0. The predicted octanol–water partition coefficient (Wildman–Crippen LogP) is 4.45. The maximum Gasteiger partial charge on any atom is -0.0262 e. The number of hydrogen-bond donors (Lipinski definition) is 0. The van der Waals surface area contributed by atoms with Crippen molar-refractivity contribution in [2.45, 2.75) is 39.0 Å². The molecule has 0 unspecified atom stereocenters. The molecule has 0 bridgehead atoms. The average Bonchev–Trinajstić information content (AvgIpc) is 2.25. The summed E-state index contributed by atoms with van der Waals surface area (Å²) in [6, 6.07) is 8.70. The summed E-state index contributed by atoms with van der Waals surface area (Å²) in [7, 11) is 0. The first-order valence-corrected chi connectivity index (χ1v) is 5.58. The quantitative estimate of drug-likeness (QED) is 0.578. The first-order chi connectivity index (χ1) is 6.86. The lowest BCUT2D eigenvalue weighted by Crippen LogP contribution is -1.85. The zero-order valence-electron chi connectivity index (χ0n) is 9.13. The smallest absolute Gasteiger partial charge is 0.0262 e. The van der Waals surface area contributed by atoms with Crippen LogP contribution in [0.5, 0.6) is 0 Å². The van der Waals surface area contributed by atoms with Crippen molar-refractivity contribution >= 4 is 6.08 Å². The minimum atomic E-state index is 1.21. The maximum atomic E-state index is 3.75. The largest absolute Gasteiger partial charge is 0.0985 e. The van der Waals surface area contributed by atoms with Crippen molar-refractivity contribution in [3.63, 3.8) is 0 Å². The van der Waals surface area contributed by atoms with Crippen LogP contribution in [0.3, 0.4) is 0 Å². The molecular formula is C14H20. The summed E-state index contributed by atoms with van der Waals surface area (Å²) in [6.45, 7) is 6.00. The number of hydrogen-bond acceptors (Lipinski definition) is 0. The first kappa shape index (κ1) is 11.0. The Morgan fingerprint density at radius 2 is 1.79 bits per heavy atom. The van der Waals surface area contributed by atoms with Gasteiger partial charge >= 0.3 is 0 Å². The Kier molecular flexibility index (Phi) is 5.06. The fraction of sp³-hybridized carbons (Fsp3) is 0.429. The van der Waals surface area contributed by atoms with Crippen molar-refractivity contribution in [2.24, 2.45) is 0 Å². The molecule has 1 aromatic rings. The summed E-state index contributed by atoms with van der Waals surface area (Å²) in [4.78, 5) is 0. The monoisotopic (exact) mass is 188 g/mol. The summed E-state index contributed by atoms with van der Waals surface area (Å²) in [5.41, 5.74) is 2.66. The fourth-order valence-corrected chi connectivity index (χ4v) is 1.58. The molecule has 0 radical (unpaired) electrons. The van der Waals surface area contributed by atoms with Crippen LogP contribution in [0.25, 0.3) is 6.08 Å². The molecular weight excluding hydrogens is 168 g/mol. The van der Waals surface area contributed by atoms with Crippen molar-refractivity contribution in [1.29, 1.82) is 0 Å². The Hall–Kier alpha value is -1.04. The molecule has 1 aromatic carbocycles. The van der Waals surface area contributed by atoms with E-state index in [1.165, 1.54) is 43.2 Å². The summed E-state index contributed by atoms with van der Waals surface area (Å²) in [5.74, 6) is 0. The topological polar surface area (TPSA) is 0 Å². The van der Waals surface area contributed by atoms with Gasteiger partial charge in [-0.1, -0.05) is 63.1 Å². The van der Waals surface area contributed by atoms with E-state index in [-0.39, 0.29) is 0 Å². The van der Waals surface area contributed by atoms with E-state index in [0.717, 1.165) is 0 Å². The highest BCUT2D eigenvalue weighted by Crippen LogP contribution is 2.10. The van der Waals surface area contributed by atoms with Crippen molar-refractivity contribution < 1.29 is 0 Å². The fourth-order valence-electron chi connectivity index (χ4n) is 1.58. The highest BCUT2D eigenvalue weighted by molar-refractivity contribution is 5.47. The molecule has 0 fully saturated rings. The lowest BCUT2D eigenvalue weighted by molar-refractivity contribution is 0.667. The molecule has 0 heteroatoms. The van der Waals surface area contributed by atoms with E-state index in [9.17, 15) is 0 Å². The van der Waals surface area contributed by atoms with E-state index >= 15 is 0 Å². The third kappa shape index (κ3) is 3.78. The second kappa shape index (κ2) is 6.42. The summed E-state index contributed by atoms with van der Waals surface area (Å²) < 4.78 is 0. The number of rotatable bonds is 6. The molecule has 0 aliphatic rings. The van der Waals surface area contributed by atoms with Gasteiger partial charge in [-0.05, 0) is 24.0 Å². The third-order valence-electron chi connectivity index (χ3n) is 2.53. The van der Waals surface area contributed by atoms with Crippen LogP contribution in [-0.2, 0) is 6.42 Å². The van der Waals surface area contributed by atoms with Gasteiger partial charge in [-0.15, -0.1) is 0 Å². The molecule has 0 amide bonds. The second-order valence-electron chi connectivity index (χ2n) is 3.76. The molecule has 0 aliphatic carbocycles. The highest BCUT2D eigenvalue weighted by atomic mass is 14.0. The van der Waals surface area contributed by atoms with Crippen LogP contribution < -0.4 is 0 Å². The SMILES string of the molecule is C=Cc1ccc(CCCCCC)cc1. The molecule has 0 heterocycles. The zero-order chi connectivity index (χ0) is 10.2. The van der Waals surface area contributed by atoms with Crippen LogP contribution in [0.1, 0.15) is 43.7 Å². The Labute approximate surface area is 87.7 Å². The Morgan fingerprint density at radius 3 is 2.36 bits per heavy atom. The predicted molar refractivity (Wildman–Crippen MR) is 64.4 cm³/mol. The molecule has 0 aliphatic heterocycles. The molecule has 76 valence electrons. The van der Waals surface area contributed by atoms with Crippen molar-refractivity contribution in [1.82, 2.24) is 0 Å². The van der Waals surface area contributed by atoms with Crippen LogP contribution in [0.15, 0.2) is 30.8 Å². The minimum absolute atomic E-state index is 1.21. The van der Waals surface area contributed by atoms with Gasteiger partial charge in [0, 0.05) is 0 Å². The van der Waals surface area contributed by atoms with Gasteiger partial charge in [0.1, 0.15) is 0 Å². The molecule has 0 atom stereocenters. The van der Waals surface area contributed by atoms with Crippen LogP contribution in [0, 0.1) is 0 Å². The van der Waals surface area contributed by atoms with Gasteiger partial charge < -0.3 is 0 Å². The van der Waals surface area contributed by atoms with E-state index < -0.39 is 0 Å². The second-order valence-corrected chi connectivity index (χ2v) is 3.76. The average molecular weight is 188 g/mol. The molecule has 0 N–H and O–H groups in total. The number of aryl methyl sites for hydroxylation is 1. The van der Waals surface area contributed by atoms with Gasteiger partial charge in [0.25, 0.3) is 0 Å². The Morgan fingerprint density at radius 1 is 1.07 bits per heavy atom.